The van der Waals surface area contributed by atoms with E-state index in [4.69, 9.17) is 0 Å². The molecule has 0 radical (unpaired) electrons. The number of rotatable bonds is 4. The molecule has 0 bridgehead atoms. The number of likely N-dealkylation sites (N-methyl/N-ethyl adjacent to an activating group) is 1. The predicted molar refractivity (Wildman–Crippen MR) is 98.7 cm³/mol. The van der Waals surface area contributed by atoms with E-state index in [0.29, 0.717) is 11.8 Å². The summed E-state index contributed by atoms with van der Waals surface area (Å²) in [4.78, 5) is 23.3. The van der Waals surface area contributed by atoms with Crippen molar-refractivity contribution in [2.75, 3.05) is 59.4 Å². The van der Waals surface area contributed by atoms with Crippen LogP contribution in [0.4, 0.5) is 0 Å². The van der Waals surface area contributed by atoms with E-state index in [1.807, 2.05) is 0 Å². The zero-order valence-corrected chi connectivity index (χ0v) is 15.8. The quantitative estimate of drug-likeness (QED) is 0.670. The van der Waals surface area contributed by atoms with Crippen molar-refractivity contribution in [2.24, 2.45) is 10.9 Å². The maximum Gasteiger partial charge on any atom is 0.225 e. The molecule has 126 valence electrons. The molecule has 1 N–H and O–H groups in total. The highest BCUT2D eigenvalue weighted by atomic mass is 127. The second-order valence-electron chi connectivity index (χ2n) is 6.35. The summed E-state index contributed by atoms with van der Waals surface area (Å²) in [5.41, 5.74) is 0. The molecule has 0 aromatic carbocycles. The number of amides is 1. The molecule has 7 heteroatoms. The molecule has 1 amide bonds. The Hall–Kier alpha value is -0.570. The lowest BCUT2D eigenvalue weighted by molar-refractivity contribution is -0.139. The molecule has 3 aliphatic rings. The first-order valence-electron chi connectivity index (χ1n) is 8.24. The third-order valence-corrected chi connectivity index (χ3v) is 4.91. The van der Waals surface area contributed by atoms with Gasteiger partial charge in [-0.2, -0.15) is 0 Å². The normalized spacial score (nSPS) is 22.9. The van der Waals surface area contributed by atoms with Crippen LogP contribution in [0.25, 0.3) is 0 Å². The number of hydrogen-bond donors (Lipinski definition) is 1. The van der Waals surface area contributed by atoms with Crippen molar-refractivity contribution in [1.82, 2.24) is 20.0 Å². The van der Waals surface area contributed by atoms with Crippen LogP contribution in [-0.4, -0.2) is 86.0 Å². The topological polar surface area (TPSA) is 51.2 Å². The summed E-state index contributed by atoms with van der Waals surface area (Å²) < 4.78 is 0. The lowest BCUT2D eigenvalue weighted by Crippen LogP contribution is -2.52. The average Bonchev–Trinajstić information content (AvgIpc) is 2.83. The number of carbonyl (C=O) groups excluding carboxylic acids is 1. The highest BCUT2D eigenvalue weighted by molar-refractivity contribution is 14.0. The third-order valence-electron chi connectivity index (χ3n) is 4.91. The molecule has 3 rings (SSSR count). The molecular formula is C15H28IN5O. The summed E-state index contributed by atoms with van der Waals surface area (Å²) in [6.45, 7) is 7.68. The average molecular weight is 421 g/mol. The van der Waals surface area contributed by atoms with Crippen molar-refractivity contribution in [2.45, 2.75) is 19.3 Å². The van der Waals surface area contributed by atoms with Crippen molar-refractivity contribution in [3.8, 4) is 0 Å². The van der Waals surface area contributed by atoms with E-state index in [2.05, 4.69) is 32.1 Å². The van der Waals surface area contributed by atoms with Crippen LogP contribution in [0, 0.1) is 5.92 Å². The molecular weight excluding hydrogens is 393 g/mol. The Morgan fingerprint density at radius 3 is 2.50 bits per heavy atom. The van der Waals surface area contributed by atoms with Crippen LogP contribution in [0.1, 0.15) is 19.3 Å². The Kier molecular flexibility index (Phi) is 6.73. The fourth-order valence-electron chi connectivity index (χ4n) is 3.15. The van der Waals surface area contributed by atoms with Gasteiger partial charge < -0.3 is 15.1 Å². The summed E-state index contributed by atoms with van der Waals surface area (Å²) in [5, 5.41) is 3.40. The van der Waals surface area contributed by atoms with Gasteiger partial charge in [0.1, 0.15) is 0 Å². The summed E-state index contributed by atoms with van der Waals surface area (Å²) in [6, 6.07) is 0. The van der Waals surface area contributed by atoms with Crippen molar-refractivity contribution in [3.63, 3.8) is 0 Å². The van der Waals surface area contributed by atoms with Crippen LogP contribution < -0.4 is 5.32 Å². The van der Waals surface area contributed by atoms with E-state index < -0.39 is 0 Å². The minimum Gasteiger partial charge on any atom is -0.355 e. The molecule has 1 saturated carbocycles. The van der Waals surface area contributed by atoms with Crippen LogP contribution in [0.15, 0.2) is 4.99 Å². The monoisotopic (exact) mass is 421 g/mol. The van der Waals surface area contributed by atoms with Gasteiger partial charge in [-0.15, -0.1) is 24.0 Å². The Balaban J connectivity index is 0.00000176. The number of piperazine rings is 1. The predicted octanol–water partition coefficient (Wildman–Crippen LogP) is 0.440. The number of hydrogen-bond acceptors (Lipinski definition) is 5. The molecule has 1 saturated heterocycles. The number of halogens is 1. The second-order valence-corrected chi connectivity index (χ2v) is 6.35. The molecule has 0 unspecified atom stereocenters. The van der Waals surface area contributed by atoms with Crippen molar-refractivity contribution in [3.05, 3.63) is 0 Å². The summed E-state index contributed by atoms with van der Waals surface area (Å²) in [5.74, 6) is 1.77. The van der Waals surface area contributed by atoms with Gasteiger partial charge in [0.15, 0.2) is 5.96 Å². The second kappa shape index (κ2) is 8.33. The lowest BCUT2D eigenvalue weighted by atomic mass is 9.84. The number of carbonyl (C=O) groups is 1. The SMILES string of the molecule is CN1CCN=C1NCCN1CCN(C(=O)C2CCC2)CC1.I. The van der Waals surface area contributed by atoms with Crippen molar-refractivity contribution < 1.29 is 4.79 Å². The Morgan fingerprint density at radius 2 is 1.95 bits per heavy atom. The maximum atomic E-state index is 12.2. The van der Waals surface area contributed by atoms with E-state index in [1.54, 1.807) is 0 Å². The van der Waals surface area contributed by atoms with Gasteiger partial charge in [0.05, 0.1) is 6.54 Å². The molecule has 0 aromatic rings. The zero-order valence-electron chi connectivity index (χ0n) is 13.5. The van der Waals surface area contributed by atoms with Gasteiger partial charge in [-0.1, -0.05) is 6.42 Å². The Bertz CT molecular complexity index is 405. The van der Waals surface area contributed by atoms with Gasteiger partial charge >= 0.3 is 0 Å². The first-order chi connectivity index (χ1) is 10.2. The van der Waals surface area contributed by atoms with Crippen LogP contribution in [0.3, 0.4) is 0 Å². The molecule has 2 heterocycles. The maximum absolute atomic E-state index is 12.2. The Morgan fingerprint density at radius 1 is 1.23 bits per heavy atom. The third kappa shape index (κ3) is 4.24. The highest BCUT2D eigenvalue weighted by Gasteiger charge is 2.31. The summed E-state index contributed by atoms with van der Waals surface area (Å²) >= 11 is 0. The largest absolute Gasteiger partial charge is 0.355 e. The minimum absolute atomic E-state index is 0. The van der Waals surface area contributed by atoms with Crippen LogP contribution in [-0.2, 0) is 4.79 Å². The van der Waals surface area contributed by atoms with E-state index in [-0.39, 0.29) is 24.0 Å². The van der Waals surface area contributed by atoms with Crippen LogP contribution in [0.2, 0.25) is 0 Å². The fraction of sp³-hybridized carbons (Fsp3) is 0.867. The van der Waals surface area contributed by atoms with Crippen LogP contribution >= 0.6 is 24.0 Å². The summed E-state index contributed by atoms with van der Waals surface area (Å²) in [7, 11) is 2.07. The first-order valence-corrected chi connectivity index (χ1v) is 8.24. The van der Waals surface area contributed by atoms with E-state index in [0.717, 1.165) is 71.2 Å². The molecule has 22 heavy (non-hydrogen) atoms. The number of nitrogens with zero attached hydrogens (tertiary/aromatic N) is 4. The number of aliphatic imine (C=N–C) groups is 1. The minimum atomic E-state index is 0. The summed E-state index contributed by atoms with van der Waals surface area (Å²) in [6.07, 6.45) is 3.46. The Labute approximate surface area is 150 Å². The van der Waals surface area contributed by atoms with Crippen molar-refractivity contribution >= 4 is 35.8 Å². The van der Waals surface area contributed by atoms with Gasteiger partial charge in [0.2, 0.25) is 5.91 Å². The molecule has 0 spiro atoms. The number of nitrogens with one attached hydrogen (secondary N) is 1. The number of guanidine groups is 1. The van der Waals surface area contributed by atoms with Gasteiger partial charge in [-0.05, 0) is 12.8 Å². The molecule has 0 atom stereocenters. The zero-order chi connectivity index (χ0) is 14.7. The van der Waals surface area contributed by atoms with Gasteiger partial charge in [0, 0.05) is 58.8 Å². The van der Waals surface area contributed by atoms with E-state index in [9.17, 15) is 4.79 Å². The fourth-order valence-corrected chi connectivity index (χ4v) is 3.15. The molecule has 6 nitrogen and oxygen atoms in total. The standard InChI is InChI=1S/C15H27N5O.HI/c1-18-7-5-16-15(18)17-6-8-19-9-11-20(12-10-19)14(21)13-3-2-4-13;/h13H,2-12H2,1H3,(H,16,17);1H. The highest BCUT2D eigenvalue weighted by Crippen LogP contribution is 2.28. The molecule has 0 aromatic heterocycles. The smallest absolute Gasteiger partial charge is 0.225 e. The molecule has 1 aliphatic carbocycles. The van der Waals surface area contributed by atoms with E-state index >= 15 is 0 Å². The molecule has 2 fully saturated rings. The van der Waals surface area contributed by atoms with Gasteiger partial charge in [-0.25, -0.2) is 0 Å². The first kappa shape index (κ1) is 17.8. The van der Waals surface area contributed by atoms with Crippen LogP contribution in [0.5, 0.6) is 0 Å². The van der Waals surface area contributed by atoms with Gasteiger partial charge in [-0.3, -0.25) is 14.7 Å². The van der Waals surface area contributed by atoms with Crippen molar-refractivity contribution in [1.29, 1.82) is 0 Å². The molecule has 2 aliphatic heterocycles. The lowest BCUT2D eigenvalue weighted by Gasteiger charge is -2.38. The van der Waals surface area contributed by atoms with Gasteiger partial charge in [0.25, 0.3) is 0 Å². The van der Waals surface area contributed by atoms with E-state index in [1.165, 1.54) is 6.42 Å².